The number of nitrogens with one attached hydrogen (secondary N) is 1. The van der Waals surface area contributed by atoms with Crippen LogP contribution in [0.5, 0.6) is 5.75 Å². The fourth-order valence-corrected chi connectivity index (χ4v) is 3.80. The molecule has 3 rings (SSSR count). The summed E-state index contributed by atoms with van der Waals surface area (Å²) in [5, 5.41) is 0. The number of ether oxygens (including phenoxy) is 1. The number of aromatic nitrogens is 2. The van der Waals surface area contributed by atoms with Gasteiger partial charge in [-0.2, -0.15) is 8.75 Å². The van der Waals surface area contributed by atoms with Crippen LogP contribution in [0.2, 0.25) is 0 Å². The number of halogens is 3. The number of anilines is 1. The van der Waals surface area contributed by atoms with Gasteiger partial charge >= 0.3 is 6.36 Å². The lowest BCUT2D eigenvalue weighted by Gasteiger charge is -2.14. The molecular weight excluding hydrogens is 367 g/mol. The summed E-state index contributed by atoms with van der Waals surface area (Å²) in [7, 11) is -4.18. The number of hydrogen-bond acceptors (Lipinski definition) is 6. The van der Waals surface area contributed by atoms with Crippen molar-refractivity contribution in [2.45, 2.75) is 11.3 Å². The Bertz CT molecular complexity index is 987. The highest BCUT2D eigenvalue weighted by Gasteiger charge is 2.32. The molecule has 1 N–H and O–H groups in total. The first-order valence-electron chi connectivity index (χ1n) is 6.35. The van der Waals surface area contributed by atoms with E-state index in [4.69, 9.17) is 0 Å². The monoisotopic (exact) mass is 375 g/mol. The van der Waals surface area contributed by atoms with E-state index < -0.39 is 22.1 Å². The van der Waals surface area contributed by atoms with E-state index in [0.717, 1.165) is 23.9 Å². The molecule has 0 aliphatic heterocycles. The second-order valence-electron chi connectivity index (χ2n) is 4.54. The smallest absolute Gasteiger partial charge is 0.404 e. The van der Waals surface area contributed by atoms with E-state index in [9.17, 15) is 21.6 Å². The molecule has 1 heterocycles. The number of alkyl halides is 3. The molecule has 0 fully saturated rings. The summed E-state index contributed by atoms with van der Waals surface area (Å²) in [6, 6.07) is 9.19. The molecule has 0 saturated carbocycles. The van der Waals surface area contributed by atoms with Crippen LogP contribution in [0.15, 0.2) is 47.4 Å². The van der Waals surface area contributed by atoms with Crippen LogP contribution in [0.3, 0.4) is 0 Å². The molecule has 126 valence electrons. The normalized spacial score (nSPS) is 12.3. The van der Waals surface area contributed by atoms with Crippen molar-refractivity contribution in [3.05, 3.63) is 42.5 Å². The minimum Gasteiger partial charge on any atom is -0.404 e. The van der Waals surface area contributed by atoms with Crippen molar-refractivity contribution in [3.8, 4) is 5.75 Å². The van der Waals surface area contributed by atoms with Crippen LogP contribution in [0, 0.1) is 0 Å². The molecule has 0 saturated heterocycles. The van der Waals surface area contributed by atoms with Crippen molar-refractivity contribution in [1.82, 2.24) is 8.75 Å². The summed E-state index contributed by atoms with van der Waals surface area (Å²) < 4.78 is 76.1. The molecule has 0 aliphatic rings. The van der Waals surface area contributed by atoms with E-state index >= 15 is 0 Å². The minimum atomic E-state index is -4.94. The third kappa shape index (κ3) is 3.41. The third-order valence-corrected chi connectivity index (χ3v) is 4.84. The van der Waals surface area contributed by atoms with Crippen LogP contribution in [-0.2, 0) is 10.0 Å². The number of para-hydroxylation sites is 2. The van der Waals surface area contributed by atoms with Gasteiger partial charge in [0.2, 0.25) is 0 Å². The number of benzene rings is 2. The number of nitrogens with zero attached hydrogens (tertiary/aromatic N) is 2. The highest BCUT2D eigenvalue weighted by Crippen LogP contribution is 2.32. The maximum absolute atomic E-state index is 12.5. The lowest BCUT2D eigenvalue weighted by molar-refractivity contribution is -0.274. The summed E-state index contributed by atoms with van der Waals surface area (Å²) >= 11 is 0.835. The molecule has 24 heavy (non-hydrogen) atoms. The predicted octanol–water partition coefficient (Wildman–Crippen LogP) is 3.39. The van der Waals surface area contributed by atoms with Crippen LogP contribution < -0.4 is 9.46 Å². The summed E-state index contributed by atoms with van der Waals surface area (Å²) in [4.78, 5) is -0.185. The summed E-state index contributed by atoms with van der Waals surface area (Å²) in [5.74, 6) is -0.655. The number of rotatable bonds is 4. The topological polar surface area (TPSA) is 81.2 Å². The molecule has 0 spiro atoms. The fourth-order valence-electron chi connectivity index (χ4n) is 1.96. The average Bonchev–Trinajstić information content (AvgIpc) is 2.95. The van der Waals surface area contributed by atoms with Crippen molar-refractivity contribution >= 4 is 38.5 Å². The Morgan fingerprint density at radius 1 is 1.04 bits per heavy atom. The Labute approximate surface area is 138 Å². The molecule has 2 aromatic carbocycles. The van der Waals surface area contributed by atoms with Crippen molar-refractivity contribution in [2.75, 3.05) is 4.72 Å². The lowest BCUT2D eigenvalue weighted by Crippen LogP contribution is -2.20. The zero-order valence-electron chi connectivity index (χ0n) is 11.6. The Morgan fingerprint density at radius 2 is 1.79 bits per heavy atom. The molecule has 0 aliphatic carbocycles. The van der Waals surface area contributed by atoms with E-state index in [0.29, 0.717) is 5.52 Å². The second-order valence-corrected chi connectivity index (χ2v) is 6.72. The van der Waals surface area contributed by atoms with Gasteiger partial charge in [-0.1, -0.05) is 18.2 Å². The van der Waals surface area contributed by atoms with Gasteiger partial charge in [0.15, 0.2) is 5.75 Å². The Kier molecular flexibility index (Phi) is 4.05. The van der Waals surface area contributed by atoms with Crippen molar-refractivity contribution in [1.29, 1.82) is 0 Å². The molecule has 1 aromatic heterocycles. The summed E-state index contributed by atoms with van der Waals surface area (Å²) in [5.41, 5.74) is 0.182. The third-order valence-electron chi connectivity index (χ3n) is 2.90. The first-order valence-corrected chi connectivity index (χ1v) is 8.56. The van der Waals surface area contributed by atoms with Crippen LogP contribution in [0.4, 0.5) is 18.9 Å². The maximum atomic E-state index is 12.5. The van der Waals surface area contributed by atoms with Gasteiger partial charge < -0.3 is 4.74 Å². The van der Waals surface area contributed by atoms with E-state index in [2.05, 4.69) is 18.2 Å². The van der Waals surface area contributed by atoms with E-state index in [1.54, 1.807) is 6.07 Å². The van der Waals surface area contributed by atoms with Gasteiger partial charge in [0.1, 0.15) is 15.9 Å². The van der Waals surface area contributed by atoms with Crippen molar-refractivity contribution < 1.29 is 26.3 Å². The summed E-state index contributed by atoms with van der Waals surface area (Å²) in [6.07, 6.45) is -4.94. The first-order chi connectivity index (χ1) is 11.3. The Balaban J connectivity index is 2.00. The van der Waals surface area contributed by atoms with Crippen molar-refractivity contribution in [3.63, 3.8) is 0 Å². The largest absolute Gasteiger partial charge is 0.573 e. The molecule has 3 aromatic rings. The molecule has 0 atom stereocenters. The van der Waals surface area contributed by atoms with Gasteiger partial charge in [-0.05, 0) is 24.3 Å². The Morgan fingerprint density at radius 3 is 2.54 bits per heavy atom. The van der Waals surface area contributed by atoms with Crippen LogP contribution in [0.25, 0.3) is 11.0 Å². The fraction of sp³-hybridized carbons (Fsp3) is 0.0769. The van der Waals surface area contributed by atoms with E-state index in [-0.39, 0.29) is 16.1 Å². The highest BCUT2D eigenvalue weighted by molar-refractivity contribution is 7.93. The SMILES string of the molecule is O=S(=O)(Nc1ccccc1OC(F)(F)F)c1cccc2nsnc12. The molecule has 6 nitrogen and oxygen atoms in total. The van der Waals surface area contributed by atoms with Crippen molar-refractivity contribution in [2.24, 2.45) is 0 Å². The molecule has 11 heteroatoms. The van der Waals surface area contributed by atoms with Gasteiger partial charge in [0.25, 0.3) is 10.0 Å². The second kappa shape index (κ2) is 5.91. The van der Waals surface area contributed by atoms with E-state index in [1.807, 2.05) is 0 Å². The molecule has 0 bridgehead atoms. The quantitative estimate of drug-likeness (QED) is 0.756. The van der Waals surface area contributed by atoms with Crippen LogP contribution in [0.1, 0.15) is 0 Å². The van der Waals surface area contributed by atoms with Gasteiger partial charge in [0.05, 0.1) is 17.4 Å². The molecule has 0 radical (unpaired) electrons. The van der Waals surface area contributed by atoms with Gasteiger partial charge in [-0.15, -0.1) is 13.2 Å². The Hall–Kier alpha value is -2.40. The maximum Gasteiger partial charge on any atom is 0.573 e. The van der Waals surface area contributed by atoms with E-state index in [1.165, 1.54) is 24.3 Å². The van der Waals surface area contributed by atoms with Gasteiger partial charge in [-0.25, -0.2) is 8.42 Å². The predicted molar refractivity (Wildman–Crippen MR) is 81.3 cm³/mol. The zero-order valence-corrected chi connectivity index (χ0v) is 13.2. The number of fused-ring (bicyclic) bond motifs is 1. The van der Waals surface area contributed by atoms with Gasteiger partial charge in [-0.3, -0.25) is 4.72 Å². The minimum absolute atomic E-state index is 0.143. The molecule has 0 amide bonds. The van der Waals surface area contributed by atoms with Crippen LogP contribution >= 0.6 is 11.7 Å². The number of hydrogen-bond donors (Lipinski definition) is 1. The summed E-state index contributed by atoms with van der Waals surface area (Å²) in [6.45, 7) is 0. The number of sulfonamides is 1. The molecular formula is C13H8F3N3O3S2. The highest BCUT2D eigenvalue weighted by atomic mass is 32.2. The lowest BCUT2D eigenvalue weighted by atomic mass is 10.3. The first kappa shape index (κ1) is 16.5. The molecule has 0 unspecified atom stereocenters. The average molecular weight is 375 g/mol. The van der Waals surface area contributed by atoms with Gasteiger partial charge in [0, 0.05) is 0 Å². The van der Waals surface area contributed by atoms with Crippen LogP contribution in [-0.4, -0.2) is 23.5 Å². The standard InChI is InChI=1S/C13H8F3N3O3S2/c14-13(15,16)22-10-6-2-1-4-8(10)19-24(20,21)11-7-3-5-9-12(11)18-23-17-9/h1-7,19H. The zero-order chi connectivity index (χ0) is 17.4.